The monoisotopic (exact) mass is 538 g/mol. The Balaban J connectivity index is 2.01. The number of nitrogens with one attached hydrogen (secondary N) is 1. The second-order valence-electron chi connectivity index (χ2n) is 8.57. The van der Waals surface area contributed by atoms with Gasteiger partial charge in [-0.3, -0.25) is 24.0 Å². The fourth-order valence-corrected chi connectivity index (χ4v) is 5.18. The lowest BCUT2D eigenvalue weighted by atomic mass is 10.1. The van der Waals surface area contributed by atoms with E-state index in [2.05, 4.69) is 5.32 Å². The van der Waals surface area contributed by atoms with Crippen molar-refractivity contribution < 1.29 is 22.9 Å². The number of amides is 2. The van der Waals surface area contributed by atoms with Crippen molar-refractivity contribution >= 4 is 33.2 Å². The zero-order valence-electron chi connectivity index (χ0n) is 21.2. The Morgan fingerprint density at radius 3 is 2.08 bits per heavy atom. The summed E-state index contributed by atoms with van der Waals surface area (Å²) in [6, 6.07) is 20.7. The van der Waals surface area contributed by atoms with Crippen LogP contribution in [0.1, 0.15) is 25.8 Å². The van der Waals surface area contributed by atoms with E-state index in [4.69, 9.17) is 0 Å². The minimum atomic E-state index is -4.23. The van der Waals surface area contributed by atoms with E-state index in [0.717, 1.165) is 9.87 Å². The van der Waals surface area contributed by atoms with Crippen molar-refractivity contribution in [1.82, 2.24) is 10.2 Å². The molecule has 1 N–H and O–H groups in total. The van der Waals surface area contributed by atoms with Crippen molar-refractivity contribution in [3.8, 4) is 0 Å². The number of nitro benzene ring substituents is 1. The third kappa shape index (κ3) is 6.94. The average Bonchev–Trinajstić information content (AvgIpc) is 2.93. The van der Waals surface area contributed by atoms with Crippen LogP contribution in [0.4, 0.5) is 11.4 Å². The molecule has 0 saturated heterocycles. The minimum absolute atomic E-state index is 0.0468. The fourth-order valence-electron chi connectivity index (χ4n) is 3.75. The summed E-state index contributed by atoms with van der Waals surface area (Å²) in [7, 11) is -4.23. The molecule has 200 valence electrons. The van der Waals surface area contributed by atoms with Crippen LogP contribution in [0.2, 0.25) is 0 Å². The Labute approximate surface area is 222 Å². The first kappa shape index (κ1) is 28.3. The molecule has 38 heavy (non-hydrogen) atoms. The molecule has 0 aromatic heterocycles. The Hall–Kier alpha value is -4.25. The zero-order chi connectivity index (χ0) is 27.7. The molecule has 3 aromatic rings. The Kier molecular flexibility index (Phi) is 9.55. The molecule has 0 spiro atoms. The van der Waals surface area contributed by atoms with Crippen LogP contribution in [0.15, 0.2) is 89.8 Å². The highest BCUT2D eigenvalue weighted by atomic mass is 32.2. The van der Waals surface area contributed by atoms with Gasteiger partial charge in [0.15, 0.2) is 0 Å². The number of nitrogens with zero attached hydrogens (tertiary/aromatic N) is 3. The van der Waals surface area contributed by atoms with E-state index in [-0.39, 0.29) is 28.7 Å². The Morgan fingerprint density at radius 2 is 1.53 bits per heavy atom. The number of nitro groups is 1. The first-order valence-corrected chi connectivity index (χ1v) is 13.5. The number of carbonyl (C=O) groups is 2. The maximum atomic E-state index is 13.7. The molecular weight excluding hydrogens is 508 g/mol. The van der Waals surface area contributed by atoms with Crippen molar-refractivity contribution in [2.24, 2.45) is 0 Å². The predicted molar refractivity (Wildman–Crippen MR) is 144 cm³/mol. The number of anilines is 1. The topological polar surface area (TPSA) is 130 Å². The summed E-state index contributed by atoms with van der Waals surface area (Å²) in [5.74, 6) is -0.963. The van der Waals surface area contributed by atoms with Crippen LogP contribution in [-0.4, -0.2) is 49.2 Å². The molecule has 0 aliphatic rings. The molecule has 0 saturated carbocycles. The number of carbonyl (C=O) groups excluding carboxylic acids is 2. The molecular formula is C27H30N4O6S. The largest absolute Gasteiger partial charge is 0.354 e. The number of rotatable bonds is 12. The van der Waals surface area contributed by atoms with Crippen LogP contribution in [0.3, 0.4) is 0 Å². The summed E-state index contributed by atoms with van der Waals surface area (Å²) in [6.07, 6.45) is 0.717. The van der Waals surface area contributed by atoms with Crippen LogP contribution < -0.4 is 9.62 Å². The standard InChI is InChI=1S/C27H30N4O6S/c1-3-18-28-27(33)21(2)29(19-22-10-6-4-7-11-22)26(32)20-30(23-14-16-24(17-15-23)31(34)35)38(36,37)25-12-8-5-9-13-25/h4-17,21H,3,18-20H2,1-2H3,(H,28,33)/t21-/m1/s1. The summed E-state index contributed by atoms with van der Waals surface area (Å²) in [6.45, 7) is 3.41. The van der Waals surface area contributed by atoms with E-state index >= 15 is 0 Å². The highest BCUT2D eigenvalue weighted by Gasteiger charge is 2.32. The second kappa shape index (κ2) is 12.8. The van der Waals surface area contributed by atoms with E-state index in [1.165, 1.54) is 41.3 Å². The van der Waals surface area contributed by atoms with E-state index in [1.807, 2.05) is 37.3 Å². The molecule has 0 fully saturated rings. The Bertz CT molecular complexity index is 1350. The van der Waals surface area contributed by atoms with Crippen LogP contribution in [-0.2, 0) is 26.2 Å². The minimum Gasteiger partial charge on any atom is -0.354 e. The van der Waals surface area contributed by atoms with Crippen molar-refractivity contribution in [2.45, 2.75) is 37.8 Å². The molecule has 0 heterocycles. The maximum Gasteiger partial charge on any atom is 0.269 e. The summed E-state index contributed by atoms with van der Waals surface area (Å²) < 4.78 is 28.2. The molecule has 10 nitrogen and oxygen atoms in total. The van der Waals surface area contributed by atoms with Gasteiger partial charge in [-0.05, 0) is 43.2 Å². The molecule has 11 heteroatoms. The van der Waals surface area contributed by atoms with Gasteiger partial charge in [0.1, 0.15) is 12.6 Å². The van der Waals surface area contributed by atoms with Gasteiger partial charge in [0.05, 0.1) is 15.5 Å². The fraction of sp³-hybridized carbons (Fsp3) is 0.259. The van der Waals surface area contributed by atoms with Crippen molar-refractivity contribution in [1.29, 1.82) is 0 Å². The van der Waals surface area contributed by atoms with Gasteiger partial charge in [-0.25, -0.2) is 8.42 Å². The number of hydrogen-bond donors (Lipinski definition) is 1. The molecule has 0 radical (unpaired) electrons. The van der Waals surface area contributed by atoms with E-state index in [1.54, 1.807) is 25.1 Å². The molecule has 0 unspecified atom stereocenters. The van der Waals surface area contributed by atoms with Crippen LogP contribution in [0, 0.1) is 10.1 Å². The lowest BCUT2D eigenvalue weighted by molar-refractivity contribution is -0.384. The van der Waals surface area contributed by atoms with Gasteiger partial charge in [0.25, 0.3) is 15.7 Å². The van der Waals surface area contributed by atoms with E-state index in [0.29, 0.717) is 13.0 Å². The van der Waals surface area contributed by atoms with Gasteiger partial charge >= 0.3 is 0 Å². The van der Waals surface area contributed by atoms with Gasteiger partial charge < -0.3 is 10.2 Å². The number of sulfonamides is 1. The quantitative estimate of drug-likeness (QED) is 0.276. The third-order valence-corrected chi connectivity index (χ3v) is 7.66. The number of hydrogen-bond acceptors (Lipinski definition) is 6. The van der Waals surface area contributed by atoms with Crippen molar-refractivity contribution in [2.75, 3.05) is 17.4 Å². The highest BCUT2D eigenvalue weighted by Crippen LogP contribution is 2.26. The van der Waals surface area contributed by atoms with Gasteiger partial charge in [0, 0.05) is 25.2 Å². The van der Waals surface area contributed by atoms with Crippen LogP contribution >= 0.6 is 0 Å². The maximum absolute atomic E-state index is 13.7. The molecule has 3 rings (SSSR count). The normalized spacial score (nSPS) is 11.8. The molecule has 0 bridgehead atoms. The van der Waals surface area contributed by atoms with Gasteiger partial charge in [-0.1, -0.05) is 55.5 Å². The van der Waals surface area contributed by atoms with Crippen molar-refractivity contribution in [3.05, 3.63) is 101 Å². The zero-order valence-corrected chi connectivity index (χ0v) is 22.0. The lowest BCUT2D eigenvalue weighted by Gasteiger charge is -2.32. The van der Waals surface area contributed by atoms with Crippen LogP contribution in [0.5, 0.6) is 0 Å². The number of benzene rings is 3. The molecule has 3 aromatic carbocycles. The SMILES string of the molecule is CCCNC(=O)[C@@H](C)N(Cc1ccccc1)C(=O)CN(c1ccc([N+](=O)[O-])cc1)S(=O)(=O)c1ccccc1. The van der Waals surface area contributed by atoms with Gasteiger partial charge in [-0.15, -0.1) is 0 Å². The smallest absolute Gasteiger partial charge is 0.269 e. The molecule has 0 aliphatic carbocycles. The van der Waals surface area contributed by atoms with Gasteiger partial charge in [-0.2, -0.15) is 0 Å². The first-order valence-electron chi connectivity index (χ1n) is 12.1. The summed E-state index contributed by atoms with van der Waals surface area (Å²) in [5.41, 5.74) is 0.628. The average molecular weight is 539 g/mol. The number of non-ortho nitro benzene ring substituents is 1. The molecule has 0 aliphatic heterocycles. The summed E-state index contributed by atoms with van der Waals surface area (Å²) in [4.78, 5) is 38.4. The Morgan fingerprint density at radius 1 is 0.947 bits per heavy atom. The van der Waals surface area contributed by atoms with E-state index in [9.17, 15) is 28.1 Å². The van der Waals surface area contributed by atoms with E-state index < -0.39 is 33.4 Å². The summed E-state index contributed by atoms with van der Waals surface area (Å²) in [5, 5.41) is 13.9. The molecule has 1 atom stereocenters. The van der Waals surface area contributed by atoms with Gasteiger partial charge in [0.2, 0.25) is 11.8 Å². The highest BCUT2D eigenvalue weighted by molar-refractivity contribution is 7.92. The first-order chi connectivity index (χ1) is 18.1. The van der Waals surface area contributed by atoms with Crippen molar-refractivity contribution in [3.63, 3.8) is 0 Å². The second-order valence-corrected chi connectivity index (χ2v) is 10.4. The summed E-state index contributed by atoms with van der Waals surface area (Å²) >= 11 is 0. The molecule has 2 amide bonds. The third-order valence-electron chi connectivity index (χ3n) is 5.87. The lowest BCUT2D eigenvalue weighted by Crippen LogP contribution is -2.51. The predicted octanol–water partition coefficient (Wildman–Crippen LogP) is 3.73. The van der Waals surface area contributed by atoms with Crippen LogP contribution in [0.25, 0.3) is 0 Å².